The van der Waals surface area contributed by atoms with Gasteiger partial charge < -0.3 is 44.9 Å². The first-order valence-corrected chi connectivity index (χ1v) is 17.6. The highest BCUT2D eigenvalue weighted by molar-refractivity contribution is 6.01. The van der Waals surface area contributed by atoms with Gasteiger partial charge in [0.1, 0.15) is 11.2 Å². The number of aliphatic hydroxyl groups is 2. The average molecular weight is 686 g/mol. The van der Waals surface area contributed by atoms with Crippen LogP contribution < -0.4 is 11.1 Å². The fourth-order valence-corrected chi connectivity index (χ4v) is 12.5. The minimum absolute atomic E-state index is 0.0424. The first-order valence-electron chi connectivity index (χ1n) is 17.6. The van der Waals surface area contributed by atoms with E-state index in [4.69, 9.17) is 29.4 Å². The number of hydrogen-bond acceptors (Lipinski definition) is 11. The maximum absolute atomic E-state index is 13.9. The second kappa shape index (κ2) is 12.2. The Morgan fingerprint density at radius 1 is 1.04 bits per heavy atom. The first-order chi connectivity index (χ1) is 23.4. The van der Waals surface area contributed by atoms with Crippen molar-refractivity contribution < 1.29 is 48.3 Å². The van der Waals surface area contributed by atoms with E-state index in [1.165, 1.54) is 0 Å². The fraction of sp³-hybridized carbons (Fsp3) is 0.750. The molecular formula is C36H51N3O10. The second-order valence-electron chi connectivity index (χ2n) is 15.3. The average Bonchev–Trinajstić information content (AvgIpc) is 3.51. The zero-order valence-electron chi connectivity index (χ0n) is 29.1. The summed E-state index contributed by atoms with van der Waals surface area (Å²) in [6, 6.07) is 6.14. The normalized spacial score (nSPS) is 44.4. The van der Waals surface area contributed by atoms with Gasteiger partial charge in [0.2, 0.25) is 11.8 Å². The molecule has 49 heavy (non-hydrogen) atoms. The number of likely N-dealkylation sites (N-methyl/N-ethyl adjacent to an activating group) is 1. The molecule has 1 aliphatic heterocycles. The third-order valence-corrected chi connectivity index (χ3v) is 13.8. The number of fused-ring (bicyclic) bond motifs is 2. The predicted molar refractivity (Wildman–Crippen MR) is 175 cm³/mol. The number of ether oxygens (including phenoxy) is 5. The van der Waals surface area contributed by atoms with Crippen molar-refractivity contribution in [3.8, 4) is 0 Å². The van der Waals surface area contributed by atoms with Gasteiger partial charge in [0.15, 0.2) is 0 Å². The number of rotatable bonds is 12. The molecule has 7 bridgehead atoms. The molecule has 13 nitrogen and oxygen atoms in total. The quantitative estimate of drug-likeness (QED) is 0.233. The molecule has 7 rings (SSSR count). The zero-order chi connectivity index (χ0) is 35.1. The van der Waals surface area contributed by atoms with Gasteiger partial charge in [-0.05, 0) is 43.9 Å². The summed E-state index contributed by atoms with van der Waals surface area (Å²) in [6.07, 6.45) is 0.513. The van der Waals surface area contributed by atoms with Gasteiger partial charge in [0.25, 0.3) is 0 Å². The molecule has 5 saturated carbocycles. The van der Waals surface area contributed by atoms with E-state index >= 15 is 0 Å². The molecule has 13 atom stereocenters. The maximum Gasteiger partial charge on any atom is 0.340 e. The molecule has 1 aromatic carbocycles. The number of primary amides is 1. The van der Waals surface area contributed by atoms with Crippen molar-refractivity contribution in [2.24, 2.45) is 40.2 Å². The number of piperidine rings is 1. The van der Waals surface area contributed by atoms with Crippen molar-refractivity contribution in [1.82, 2.24) is 4.90 Å². The minimum Gasteiger partial charge on any atom is -0.461 e. The zero-order valence-corrected chi connectivity index (χ0v) is 29.1. The molecule has 0 radical (unpaired) electrons. The molecule has 0 aromatic heterocycles. The number of likely N-dealkylation sites (tertiary alicyclic amines) is 1. The van der Waals surface area contributed by atoms with Crippen molar-refractivity contribution in [2.45, 2.75) is 87.1 Å². The van der Waals surface area contributed by atoms with E-state index in [1.807, 2.05) is 0 Å². The number of methoxy groups -OCH3 is 4. The Hall–Kier alpha value is -2.65. The van der Waals surface area contributed by atoms with Crippen LogP contribution in [0.15, 0.2) is 24.3 Å². The van der Waals surface area contributed by atoms with Crippen LogP contribution in [0.5, 0.6) is 0 Å². The second-order valence-corrected chi connectivity index (χ2v) is 15.3. The number of nitrogens with two attached hydrogens (primary N) is 1. The Labute approximate surface area is 287 Å². The van der Waals surface area contributed by atoms with Gasteiger partial charge in [0, 0.05) is 82.8 Å². The maximum atomic E-state index is 13.9. The Kier molecular flexibility index (Phi) is 8.69. The number of esters is 1. The van der Waals surface area contributed by atoms with Crippen LogP contribution >= 0.6 is 0 Å². The van der Waals surface area contributed by atoms with Crippen molar-refractivity contribution in [1.29, 1.82) is 0 Å². The molecule has 1 spiro atoms. The summed E-state index contributed by atoms with van der Waals surface area (Å²) in [5, 5.41) is 29.2. The lowest BCUT2D eigenvalue weighted by Crippen LogP contribution is -2.82. The van der Waals surface area contributed by atoms with Crippen LogP contribution in [0.4, 0.5) is 5.69 Å². The molecule has 6 fully saturated rings. The van der Waals surface area contributed by atoms with Gasteiger partial charge in [0.05, 0.1) is 48.3 Å². The van der Waals surface area contributed by atoms with Gasteiger partial charge in [-0.15, -0.1) is 0 Å². The lowest BCUT2D eigenvalue weighted by atomic mass is 9.42. The predicted octanol–water partition coefficient (Wildman–Crippen LogP) is 1.34. The molecule has 2 amide bonds. The van der Waals surface area contributed by atoms with E-state index in [1.54, 1.807) is 52.7 Å². The van der Waals surface area contributed by atoms with Crippen molar-refractivity contribution in [3.63, 3.8) is 0 Å². The molecule has 5 aliphatic carbocycles. The topological polar surface area (TPSA) is 179 Å². The molecular weight excluding hydrogens is 634 g/mol. The Balaban J connectivity index is 1.29. The van der Waals surface area contributed by atoms with Crippen molar-refractivity contribution in [2.75, 3.05) is 53.5 Å². The third-order valence-electron chi connectivity index (χ3n) is 13.8. The van der Waals surface area contributed by atoms with Crippen molar-refractivity contribution >= 4 is 23.5 Å². The van der Waals surface area contributed by atoms with Gasteiger partial charge in [-0.2, -0.15) is 0 Å². The van der Waals surface area contributed by atoms with E-state index in [0.29, 0.717) is 25.9 Å². The van der Waals surface area contributed by atoms with E-state index in [0.717, 1.165) is 6.42 Å². The highest BCUT2D eigenvalue weighted by Crippen LogP contribution is 2.80. The number of benzene rings is 1. The van der Waals surface area contributed by atoms with Crippen LogP contribution in [-0.4, -0.2) is 123 Å². The van der Waals surface area contributed by atoms with E-state index in [9.17, 15) is 24.6 Å². The third kappa shape index (κ3) is 4.45. The lowest BCUT2D eigenvalue weighted by Gasteiger charge is -2.70. The molecule has 270 valence electrons. The molecule has 6 aliphatic rings. The summed E-state index contributed by atoms with van der Waals surface area (Å²) < 4.78 is 31.3. The molecule has 5 N–H and O–H groups in total. The summed E-state index contributed by atoms with van der Waals surface area (Å²) >= 11 is 0. The number of amides is 2. The van der Waals surface area contributed by atoms with Crippen LogP contribution in [0.3, 0.4) is 0 Å². The summed E-state index contributed by atoms with van der Waals surface area (Å²) in [7, 11) is 6.68. The fourth-order valence-electron chi connectivity index (χ4n) is 12.5. The van der Waals surface area contributed by atoms with Crippen LogP contribution in [-0.2, 0) is 33.3 Å². The summed E-state index contributed by atoms with van der Waals surface area (Å²) in [5.41, 5.74) is 1.14. The number of hydrogen-bond donors (Lipinski definition) is 4. The van der Waals surface area contributed by atoms with Crippen molar-refractivity contribution in [3.05, 3.63) is 29.8 Å². The largest absolute Gasteiger partial charge is 0.461 e. The van der Waals surface area contributed by atoms with Gasteiger partial charge >= 0.3 is 5.97 Å². The molecule has 1 saturated heterocycles. The standard InChI is InChI=1S/C36H51N3O10/c1-6-39-17-33(18-49-31(42)19-9-7-8-10-22(19)38-26(41)12-11-25(37)40)14-13-24(46-3)35-21-15-20-23(45-2)16-34(43,27(21)28(20)47-4)36(44,32(35)39)30(48-5)29(33)35/h7-10,20-21,23-24,27-30,32,43-44H,6,11-18H2,1-5H3,(H2,37,40)(H,38,41)/t20-,21-,23+,24+,27-,28+,29-,30+,32+,33+,34-,35?,36-/m1/s1. The summed E-state index contributed by atoms with van der Waals surface area (Å²) in [5.74, 6) is -2.33. The highest BCUT2D eigenvalue weighted by Gasteiger charge is 2.91. The number of nitrogens with zero attached hydrogens (tertiary/aromatic N) is 1. The van der Waals surface area contributed by atoms with Gasteiger partial charge in [-0.25, -0.2) is 4.79 Å². The van der Waals surface area contributed by atoms with Crippen LogP contribution in [0.25, 0.3) is 0 Å². The van der Waals surface area contributed by atoms with Crippen LogP contribution in [0.2, 0.25) is 0 Å². The first kappa shape index (κ1) is 34.8. The minimum atomic E-state index is -1.69. The molecule has 1 aromatic rings. The van der Waals surface area contributed by atoms with E-state index in [-0.39, 0.29) is 79.1 Å². The number of carbonyl (C=O) groups excluding carboxylic acids is 3. The Bertz CT molecular complexity index is 1490. The van der Waals surface area contributed by atoms with E-state index in [2.05, 4.69) is 17.1 Å². The number of carbonyl (C=O) groups is 3. The Morgan fingerprint density at radius 3 is 2.45 bits per heavy atom. The summed E-state index contributed by atoms with van der Waals surface area (Å²) in [4.78, 5) is 39.9. The molecule has 1 heterocycles. The number of nitrogens with one attached hydrogen (secondary N) is 1. The monoisotopic (exact) mass is 685 g/mol. The Morgan fingerprint density at radius 2 is 1.80 bits per heavy atom. The van der Waals surface area contributed by atoms with Crippen LogP contribution in [0, 0.1) is 34.5 Å². The van der Waals surface area contributed by atoms with Gasteiger partial charge in [-0.1, -0.05) is 19.1 Å². The van der Waals surface area contributed by atoms with E-state index < -0.39 is 52.0 Å². The van der Waals surface area contributed by atoms with Crippen LogP contribution in [0.1, 0.15) is 55.8 Å². The van der Waals surface area contributed by atoms with Gasteiger partial charge in [-0.3, -0.25) is 14.5 Å². The molecule has 1 unspecified atom stereocenters. The lowest BCUT2D eigenvalue weighted by molar-refractivity contribution is -0.320. The highest BCUT2D eigenvalue weighted by atomic mass is 16.5. The summed E-state index contributed by atoms with van der Waals surface area (Å²) in [6.45, 7) is 3.25. The smallest absolute Gasteiger partial charge is 0.340 e. The number of para-hydroxylation sites is 1. The SMILES string of the molecule is CCN1C[C@]2(COC(=O)c3ccccc3NC(=O)CCC(N)=O)CC[C@H](OC)C34[C@@H]5C[C@H]6[C@H](OC)[C@@H]5[C@](O)(C[C@@H]6OC)[C@@](O)([C@@H](OC)[C@@H]32)[C@@H]14. The number of anilines is 1. The molecule has 13 heteroatoms.